The van der Waals surface area contributed by atoms with Gasteiger partial charge in [0.1, 0.15) is 6.42 Å². The van der Waals surface area contributed by atoms with E-state index in [0.29, 0.717) is 5.02 Å². The molecule has 1 N–H and O–H groups in total. The van der Waals surface area contributed by atoms with Crippen molar-refractivity contribution in [1.82, 2.24) is 5.32 Å². The third-order valence-electron chi connectivity index (χ3n) is 2.17. The Bertz CT molecular complexity index is 510. The van der Waals surface area contributed by atoms with E-state index >= 15 is 0 Å². The molecule has 1 aromatic rings. The molecule has 7 heteroatoms. The van der Waals surface area contributed by atoms with Crippen molar-refractivity contribution in [3.8, 4) is 0 Å². The fourth-order valence-corrected chi connectivity index (χ4v) is 1.73. The van der Waals surface area contributed by atoms with Crippen LogP contribution in [-0.4, -0.2) is 17.8 Å². The second-order valence-corrected chi connectivity index (χ2v) is 4.17. The minimum Gasteiger partial charge on any atom is -0.277 e. The van der Waals surface area contributed by atoms with Gasteiger partial charge in [-0.25, -0.2) is 9.69 Å². The van der Waals surface area contributed by atoms with E-state index in [1.807, 2.05) is 5.32 Å². The lowest BCUT2D eigenvalue weighted by molar-refractivity contribution is -0.128. The summed E-state index contributed by atoms with van der Waals surface area (Å²) in [4.78, 5) is 34.9. The molecule has 0 aliphatic carbocycles. The van der Waals surface area contributed by atoms with E-state index in [2.05, 4.69) is 0 Å². The van der Waals surface area contributed by atoms with Gasteiger partial charge in [0.25, 0.3) is 0 Å². The van der Waals surface area contributed by atoms with E-state index in [-0.39, 0.29) is 17.1 Å². The van der Waals surface area contributed by atoms with Crippen LogP contribution in [0.3, 0.4) is 0 Å². The predicted molar refractivity (Wildman–Crippen MR) is 62.1 cm³/mol. The van der Waals surface area contributed by atoms with Gasteiger partial charge in [-0.2, -0.15) is 0 Å². The number of nitrogens with one attached hydrogen (secondary N) is 1. The normalized spacial score (nSPS) is 16.1. The molecule has 4 amide bonds. The first-order valence-corrected chi connectivity index (χ1v) is 5.36. The molecule has 0 bridgehead atoms. The standard InChI is InChI=1S/C10H6Cl2N2O3/c11-6-2-1-5(3-7(6)12)14-9(16)4-8(15)13-10(14)17/h1-3H,4H2,(H,13,15,17). The highest BCUT2D eigenvalue weighted by molar-refractivity contribution is 6.42. The van der Waals surface area contributed by atoms with Crippen LogP contribution in [0, 0.1) is 0 Å². The topological polar surface area (TPSA) is 66.5 Å². The number of rotatable bonds is 1. The number of urea groups is 1. The van der Waals surface area contributed by atoms with Crippen LogP contribution in [-0.2, 0) is 9.59 Å². The second-order valence-electron chi connectivity index (χ2n) is 3.36. The van der Waals surface area contributed by atoms with Crippen molar-refractivity contribution in [2.24, 2.45) is 0 Å². The fourth-order valence-electron chi connectivity index (χ4n) is 1.43. The van der Waals surface area contributed by atoms with Gasteiger partial charge in [0.15, 0.2) is 0 Å². The quantitative estimate of drug-likeness (QED) is 0.795. The van der Waals surface area contributed by atoms with E-state index in [0.717, 1.165) is 4.90 Å². The Labute approximate surface area is 106 Å². The average molecular weight is 273 g/mol. The largest absolute Gasteiger partial charge is 0.335 e. The smallest absolute Gasteiger partial charge is 0.277 e. The van der Waals surface area contributed by atoms with Crippen molar-refractivity contribution >= 4 is 46.7 Å². The van der Waals surface area contributed by atoms with Gasteiger partial charge < -0.3 is 0 Å². The molecule has 1 aromatic carbocycles. The number of imide groups is 2. The van der Waals surface area contributed by atoms with Crippen LogP contribution >= 0.6 is 23.2 Å². The van der Waals surface area contributed by atoms with Gasteiger partial charge in [-0.05, 0) is 18.2 Å². The summed E-state index contributed by atoms with van der Waals surface area (Å²) in [5, 5.41) is 2.58. The Hall–Kier alpha value is -1.59. The molecule has 88 valence electrons. The lowest BCUT2D eigenvalue weighted by Crippen LogP contribution is -2.52. The van der Waals surface area contributed by atoms with Crippen molar-refractivity contribution in [2.45, 2.75) is 6.42 Å². The van der Waals surface area contributed by atoms with Crippen molar-refractivity contribution < 1.29 is 14.4 Å². The molecule has 0 spiro atoms. The molecular weight excluding hydrogens is 267 g/mol. The zero-order chi connectivity index (χ0) is 12.6. The first kappa shape index (κ1) is 11.9. The number of amides is 4. The van der Waals surface area contributed by atoms with Gasteiger partial charge in [-0.3, -0.25) is 14.9 Å². The zero-order valence-corrected chi connectivity index (χ0v) is 9.88. The molecule has 0 unspecified atom stereocenters. The van der Waals surface area contributed by atoms with E-state index in [1.165, 1.54) is 18.2 Å². The summed E-state index contributed by atoms with van der Waals surface area (Å²) >= 11 is 11.5. The molecule has 1 heterocycles. The van der Waals surface area contributed by atoms with Crippen LogP contribution < -0.4 is 10.2 Å². The van der Waals surface area contributed by atoms with Gasteiger partial charge in [0.05, 0.1) is 15.7 Å². The summed E-state index contributed by atoms with van der Waals surface area (Å²) < 4.78 is 0. The molecule has 0 atom stereocenters. The van der Waals surface area contributed by atoms with Crippen LogP contribution in [0.15, 0.2) is 18.2 Å². The first-order valence-electron chi connectivity index (χ1n) is 4.61. The summed E-state index contributed by atoms with van der Waals surface area (Å²) in [6.07, 6.45) is -0.369. The molecule has 0 aromatic heterocycles. The number of hydrogen-bond donors (Lipinski definition) is 1. The number of halogens is 2. The van der Waals surface area contributed by atoms with Crippen LogP contribution in [0.25, 0.3) is 0 Å². The van der Waals surface area contributed by atoms with Crippen molar-refractivity contribution in [1.29, 1.82) is 0 Å². The summed E-state index contributed by atoms with van der Waals surface area (Å²) in [5.74, 6) is -1.21. The Morgan fingerprint density at radius 2 is 1.82 bits per heavy atom. The number of barbiturate groups is 1. The van der Waals surface area contributed by atoms with Gasteiger partial charge in [0, 0.05) is 0 Å². The fraction of sp³-hybridized carbons (Fsp3) is 0.100. The second kappa shape index (κ2) is 4.35. The predicted octanol–water partition coefficient (Wildman–Crippen LogP) is 1.97. The Balaban J connectivity index is 2.38. The highest BCUT2D eigenvalue weighted by Gasteiger charge is 2.32. The van der Waals surface area contributed by atoms with Crippen LogP contribution in [0.1, 0.15) is 6.42 Å². The van der Waals surface area contributed by atoms with Crippen LogP contribution in [0.2, 0.25) is 10.0 Å². The van der Waals surface area contributed by atoms with E-state index in [9.17, 15) is 14.4 Å². The number of carbonyl (C=O) groups is 3. The Morgan fingerprint density at radius 3 is 2.41 bits per heavy atom. The number of anilines is 1. The number of benzene rings is 1. The van der Waals surface area contributed by atoms with Gasteiger partial charge in [-0.1, -0.05) is 23.2 Å². The molecule has 1 aliphatic rings. The lowest BCUT2D eigenvalue weighted by atomic mass is 10.2. The molecule has 2 rings (SSSR count). The van der Waals surface area contributed by atoms with Gasteiger partial charge in [-0.15, -0.1) is 0 Å². The monoisotopic (exact) mass is 272 g/mol. The summed E-state index contributed by atoms with van der Waals surface area (Å²) in [7, 11) is 0. The third-order valence-corrected chi connectivity index (χ3v) is 2.91. The minimum absolute atomic E-state index is 0.224. The van der Waals surface area contributed by atoms with Crippen LogP contribution in [0.4, 0.5) is 10.5 Å². The summed E-state index contributed by atoms with van der Waals surface area (Å²) in [5.41, 5.74) is 0.273. The maximum atomic E-state index is 11.6. The number of nitrogens with zero attached hydrogens (tertiary/aromatic N) is 1. The van der Waals surface area contributed by atoms with E-state index < -0.39 is 17.8 Å². The van der Waals surface area contributed by atoms with Crippen molar-refractivity contribution in [3.05, 3.63) is 28.2 Å². The van der Waals surface area contributed by atoms with Gasteiger partial charge in [0.2, 0.25) is 11.8 Å². The van der Waals surface area contributed by atoms with Crippen molar-refractivity contribution in [3.63, 3.8) is 0 Å². The third kappa shape index (κ3) is 2.25. The SMILES string of the molecule is O=C1CC(=O)N(c2ccc(Cl)c(Cl)c2)C(=O)N1. The average Bonchev–Trinajstić information content (AvgIpc) is 2.21. The Morgan fingerprint density at radius 1 is 1.12 bits per heavy atom. The summed E-state index contributed by atoms with van der Waals surface area (Å²) in [6.45, 7) is 0. The van der Waals surface area contributed by atoms with Gasteiger partial charge >= 0.3 is 6.03 Å². The number of carbonyl (C=O) groups excluding carboxylic acids is 3. The molecule has 1 fully saturated rings. The lowest BCUT2D eigenvalue weighted by Gasteiger charge is -2.24. The molecule has 0 radical (unpaired) electrons. The van der Waals surface area contributed by atoms with Crippen molar-refractivity contribution in [2.75, 3.05) is 4.90 Å². The molecular formula is C10H6Cl2N2O3. The van der Waals surface area contributed by atoms with Crippen LogP contribution in [0.5, 0.6) is 0 Å². The first-order chi connectivity index (χ1) is 7.99. The molecule has 17 heavy (non-hydrogen) atoms. The maximum Gasteiger partial charge on any atom is 0.335 e. The molecule has 0 saturated carbocycles. The van der Waals surface area contributed by atoms with E-state index in [4.69, 9.17) is 23.2 Å². The Kier molecular flexibility index (Phi) is 3.04. The summed E-state index contributed by atoms with van der Waals surface area (Å²) in [6, 6.07) is 3.54. The maximum absolute atomic E-state index is 11.6. The minimum atomic E-state index is -0.787. The van der Waals surface area contributed by atoms with E-state index in [1.54, 1.807) is 0 Å². The highest BCUT2D eigenvalue weighted by atomic mass is 35.5. The molecule has 5 nitrogen and oxygen atoms in total. The number of hydrogen-bond acceptors (Lipinski definition) is 3. The highest BCUT2D eigenvalue weighted by Crippen LogP contribution is 2.28. The molecule has 1 aliphatic heterocycles. The zero-order valence-electron chi connectivity index (χ0n) is 8.37. The molecule has 1 saturated heterocycles.